The lowest BCUT2D eigenvalue weighted by Crippen LogP contribution is -2.28. The first-order valence-electron chi connectivity index (χ1n) is 6.56. The Morgan fingerprint density at radius 3 is 2.55 bits per heavy atom. The highest BCUT2D eigenvalue weighted by Crippen LogP contribution is 2.32. The predicted molar refractivity (Wildman–Crippen MR) is 84.9 cm³/mol. The quantitative estimate of drug-likeness (QED) is 0.887. The average molecular weight is 342 g/mol. The maximum absolute atomic E-state index is 13.4. The first-order valence-corrected chi connectivity index (χ1v) is 7.31. The number of benzene rings is 2. The molecule has 22 heavy (non-hydrogen) atoms. The van der Waals surface area contributed by atoms with Gasteiger partial charge in [0.15, 0.2) is 12.4 Å². The summed E-state index contributed by atoms with van der Waals surface area (Å²) in [6, 6.07) is 9.73. The molecule has 1 N–H and O–H groups in total. The van der Waals surface area contributed by atoms with Crippen LogP contribution in [0.25, 0.3) is 0 Å². The van der Waals surface area contributed by atoms with Crippen molar-refractivity contribution in [1.82, 2.24) is 5.32 Å². The Labute approximate surface area is 138 Å². The van der Waals surface area contributed by atoms with Gasteiger partial charge in [-0.1, -0.05) is 41.4 Å². The van der Waals surface area contributed by atoms with Crippen LogP contribution in [0.2, 0.25) is 10.0 Å². The first kappa shape index (κ1) is 16.6. The second kappa shape index (κ2) is 7.47. The van der Waals surface area contributed by atoms with Crippen LogP contribution in [0.1, 0.15) is 11.1 Å². The van der Waals surface area contributed by atoms with E-state index in [0.717, 1.165) is 0 Å². The standard InChI is InChI=1S/C16H14Cl2FNO2/c1-10-5-6-11(7-14(10)19)8-20-15(21)9-22-16-12(17)3-2-4-13(16)18/h2-7H,8-9H2,1H3,(H,20,21). The summed E-state index contributed by atoms with van der Waals surface area (Å²) in [6.45, 7) is 1.67. The number of carbonyl (C=O) groups excluding carboxylic acids is 1. The van der Waals surface area contributed by atoms with Crippen LogP contribution in [0.3, 0.4) is 0 Å². The van der Waals surface area contributed by atoms with Gasteiger partial charge in [0.1, 0.15) is 5.82 Å². The van der Waals surface area contributed by atoms with Gasteiger partial charge in [0.05, 0.1) is 10.0 Å². The lowest BCUT2D eigenvalue weighted by atomic mass is 10.1. The molecule has 2 aromatic rings. The van der Waals surface area contributed by atoms with Gasteiger partial charge in [-0.3, -0.25) is 4.79 Å². The van der Waals surface area contributed by atoms with Gasteiger partial charge in [-0.05, 0) is 36.2 Å². The molecular weight excluding hydrogens is 328 g/mol. The largest absolute Gasteiger partial charge is 0.481 e. The van der Waals surface area contributed by atoms with Crippen molar-refractivity contribution in [2.24, 2.45) is 0 Å². The molecule has 0 saturated carbocycles. The number of nitrogens with one attached hydrogen (secondary N) is 1. The van der Waals surface area contributed by atoms with Crippen LogP contribution in [0.5, 0.6) is 5.75 Å². The number of rotatable bonds is 5. The molecule has 0 bridgehead atoms. The smallest absolute Gasteiger partial charge is 0.258 e. The van der Waals surface area contributed by atoms with Gasteiger partial charge in [0.25, 0.3) is 5.91 Å². The molecule has 0 fully saturated rings. The van der Waals surface area contributed by atoms with Gasteiger partial charge < -0.3 is 10.1 Å². The Morgan fingerprint density at radius 1 is 1.23 bits per heavy atom. The maximum atomic E-state index is 13.4. The van der Waals surface area contributed by atoms with Crippen LogP contribution in [0.15, 0.2) is 36.4 Å². The van der Waals surface area contributed by atoms with E-state index in [-0.39, 0.29) is 30.6 Å². The van der Waals surface area contributed by atoms with Gasteiger partial charge in [-0.2, -0.15) is 0 Å². The second-order valence-electron chi connectivity index (χ2n) is 4.70. The van der Waals surface area contributed by atoms with Crippen molar-refractivity contribution in [2.75, 3.05) is 6.61 Å². The molecule has 0 atom stereocenters. The molecule has 0 aliphatic rings. The molecule has 0 spiro atoms. The van der Waals surface area contributed by atoms with Crippen LogP contribution >= 0.6 is 23.2 Å². The highest BCUT2D eigenvalue weighted by atomic mass is 35.5. The van der Waals surface area contributed by atoms with Gasteiger partial charge >= 0.3 is 0 Å². The number of aryl methyl sites for hydroxylation is 1. The molecule has 0 saturated heterocycles. The lowest BCUT2D eigenvalue weighted by molar-refractivity contribution is -0.123. The fourth-order valence-electron chi connectivity index (χ4n) is 1.76. The van der Waals surface area contributed by atoms with E-state index in [4.69, 9.17) is 27.9 Å². The van der Waals surface area contributed by atoms with E-state index in [1.54, 1.807) is 37.3 Å². The summed E-state index contributed by atoms with van der Waals surface area (Å²) in [5.41, 5.74) is 1.24. The van der Waals surface area contributed by atoms with Gasteiger partial charge in [0, 0.05) is 6.54 Å². The number of para-hydroxylation sites is 1. The molecule has 0 radical (unpaired) electrons. The van der Waals surface area contributed by atoms with Crippen molar-refractivity contribution in [2.45, 2.75) is 13.5 Å². The number of hydrogen-bond acceptors (Lipinski definition) is 2. The number of halogens is 3. The van der Waals surface area contributed by atoms with Crippen molar-refractivity contribution in [3.8, 4) is 5.75 Å². The van der Waals surface area contributed by atoms with Crippen LogP contribution in [-0.4, -0.2) is 12.5 Å². The van der Waals surface area contributed by atoms with Crippen molar-refractivity contribution in [3.05, 3.63) is 63.4 Å². The molecule has 0 heterocycles. The van der Waals surface area contributed by atoms with Gasteiger partial charge in [0.2, 0.25) is 0 Å². The summed E-state index contributed by atoms with van der Waals surface area (Å²) in [5.74, 6) is -0.384. The van der Waals surface area contributed by atoms with Crippen molar-refractivity contribution < 1.29 is 13.9 Å². The zero-order valence-corrected chi connectivity index (χ0v) is 13.3. The fraction of sp³-hybridized carbons (Fsp3) is 0.188. The Kier molecular flexibility index (Phi) is 5.63. The second-order valence-corrected chi connectivity index (χ2v) is 5.51. The van der Waals surface area contributed by atoms with Gasteiger partial charge in [-0.25, -0.2) is 4.39 Å². The minimum atomic E-state index is -0.350. The molecule has 2 aromatic carbocycles. The summed E-state index contributed by atoms with van der Waals surface area (Å²) < 4.78 is 18.7. The molecular formula is C16H14Cl2FNO2. The SMILES string of the molecule is Cc1ccc(CNC(=O)COc2c(Cl)cccc2Cl)cc1F. The minimum absolute atomic E-state index is 0.218. The predicted octanol–water partition coefficient (Wildman–Crippen LogP) is 4.14. The number of hydrogen-bond donors (Lipinski definition) is 1. The summed E-state index contributed by atoms with van der Waals surface area (Å²) in [5, 5.41) is 3.31. The minimum Gasteiger partial charge on any atom is -0.481 e. The van der Waals surface area contributed by atoms with E-state index >= 15 is 0 Å². The van der Waals surface area contributed by atoms with Crippen molar-refractivity contribution in [1.29, 1.82) is 0 Å². The Hall–Kier alpha value is -1.78. The van der Waals surface area contributed by atoms with E-state index < -0.39 is 0 Å². The summed E-state index contributed by atoms with van der Waals surface area (Å²) in [6.07, 6.45) is 0. The summed E-state index contributed by atoms with van der Waals surface area (Å²) >= 11 is 11.9. The Morgan fingerprint density at radius 2 is 1.91 bits per heavy atom. The molecule has 1 amide bonds. The third kappa shape index (κ3) is 4.36. The van der Waals surface area contributed by atoms with Crippen molar-refractivity contribution in [3.63, 3.8) is 0 Å². The van der Waals surface area contributed by atoms with E-state index in [2.05, 4.69) is 5.32 Å². The molecule has 6 heteroatoms. The monoisotopic (exact) mass is 341 g/mol. The maximum Gasteiger partial charge on any atom is 0.258 e. The number of ether oxygens (including phenoxy) is 1. The van der Waals surface area contributed by atoms with E-state index in [9.17, 15) is 9.18 Å². The zero-order chi connectivity index (χ0) is 16.1. The number of amides is 1. The molecule has 2 rings (SSSR count). The number of carbonyl (C=O) groups is 1. The van der Waals surface area contributed by atoms with E-state index in [1.807, 2.05) is 0 Å². The normalized spacial score (nSPS) is 10.4. The van der Waals surface area contributed by atoms with Gasteiger partial charge in [-0.15, -0.1) is 0 Å². The fourth-order valence-corrected chi connectivity index (χ4v) is 2.26. The molecule has 3 nitrogen and oxygen atoms in total. The van der Waals surface area contributed by atoms with Crippen LogP contribution in [0.4, 0.5) is 4.39 Å². The lowest BCUT2D eigenvalue weighted by Gasteiger charge is -2.10. The summed E-state index contributed by atoms with van der Waals surface area (Å²) in [4.78, 5) is 11.7. The first-order chi connectivity index (χ1) is 10.5. The topological polar surface area (TPSA) is 38.3 Å². The van der Waals surface area contributed by atoms with Crippen LogP contribution < -0.4 is 10.1 Å². The molecule has 0 unspecified atom stereocenters. The average Bonchev–Trinajstić information content (AvgIpc) is 2.48. The third-order valence-corrected chi connectivity index (χ3v) is 3.59. The van der Waals surface area contributed by atoms with E-state index in [0.29, 0.717) is 21.2 Å². The molecule has 0 aliphatic carbocycles. The van der Waals surface area contributed by atoms with Crippen LogP contribution in [-0.2, 0) is 11.3 Å². The molecule has 116 valence electrons. The molecule has 0 aromatic heterocycles. The highest BCUT2D eigenvalue weighted by Gasteiger charge is 2.09. The Balaban J connectivity index is 1.87. The molecule has 0 aliphatic heterocycles. The van der Waals surface area contributed by atoms with Crippen LogP contribution in [0, 0.1) is 12.7 Å². The van der Waals surface area contributed by atoms with Crippen molar-refractivity contribution >= 4 is 29.1 Å². The third-order valence-electron chi connectivity index (χ3n) is 2.99. The zero-order valence-electron chi connectivity index (χ0n) is 11.8. The Bertz CT molecular complexity index is 672. The van der Waals surface area contributed by atoms with E-state index in [1.165, 1.54) is 6.07 Å². The summed E-state index contributed by atoms with van der Waals surface area (Å²) in [7, 11) is 0. The highest BCUT2D eigenvalue weighted by molar-refractivity contribution is 6.37.